The molecule has 0 fully saturated rings. The first-order valence-corrected chi connectivity index (χ1v) is 17.7. The molecule has 4 heterocycles. The van der Waals surface area contributed by atoms with Crippen LogP contribution in [0.15, 0.2) is 140 Å². The predicted octanol–water partition coefficient (Wildman–Crippen LogP) is 8.90. The molecule has 0 bridgehead atoms. The third-order valence-corrected chi connectivity index (χ3v) is 10.0. The van der Waals surface area contributed by atoms with Crippen LogP contribution < -0.4 is 34.2 Å². The highest BCUT2D eigenvalue weighted by atomic mass is 32.2. The quantitative estimate of drug-likeness (QED) is 0.141. The first-order chi connectivity index (χ1) is 25.5. The normalized spacial score (nSPS) is 16.4. The van der Waals surface area contributed by atoms with E-state index in [9.17, 15) is 5.41 Å². The van der Waals surface area contributed by atoms with E-state index in [4.69, 9.17) is 28.0 Å². The van der Waals surface area contributed by atoms with Crippen molar-refractivity contribution in [1.29, 1.82) is 5.41 Å². The Morgan fingerprint density at radius 3 is 2.19 bits per heavy atom. The number of ether oxygens (including phenoxy) is 3. The molecule has 0 saturated heterocycles. The number of nitrogens with zero attached hydrogens (tertiary/aromatic N) is 4. The topological polar surface area (TPSA) is 112 Å². The van der Waals surface area contributed by atoms with E-state index in [1.807, 2.05) is 102 Å². The van der Waals surface area contributed by atoms with Gasteiger partial charge in [0.1, 0.15) is 23.1 Å². The van der Waals surface area contributed by atoms with E-state index in [-0.39, 0.29) is 5.84 Å². The van der Waals surface area contributed by atoms with E-state index < -0.39 is 5.79 Å². The van der Waals surface area contributed by atoms with Gasteiger partial charge in [-0.25, -0.2) is 0 Å². The molecule has 12 heteroatoms. The first-order valence-electron chi connectivity index (χ1n) is 16.5. The molecule has 0 saturated carbocycles. The van der Waals surface area contributed by atoms with Gasteiger partial charge in [0.25, 0.3) is 0 Å². The molecule has 2 aliphatic heterocycles. The van der Waals surface area contributed by atoms with Crippen LogP contribution >= 0.6 is 11.8 Å². The zero-order valence-electron chi connectivity index (χ0n) is 29.0. The highest BCUT2D eigenvalue weighted by Crippen LogP contribution is 2.48. The number of aliphatic imine (C=N–C) groups is 1. The summed E-state index contributed by atoms with van der Waals surface area (Å²) in [5.74, 6) is 2.21. The maximum atomic E-state index is 9.93. The summed E-state index contributed by atoms with van der Waals surface area (Å²) in [7, 11) is 4.94. The molecule has 11 nitrogen and oxygen atoms in total. The molecule has 0 amide bonds. The van der Waals surface area contributed by atoms with E-state index in [0.717, 1.165) is 33.1 Å². The number of thioether (sulfide) groups is 1. The Balaban J connectivity index is 1.49. The van der Waals surface area contributed by atoms with E-state index in [2.05, 4.69) is 27.2 Å². The number of rotatable bonds is 9. The van der Waals surface area contributed by atoms with Crippen LogP contribution in [0.5, 0.6) is 17.2 Å². The number of fused-ring (bicyclic) bond motifs is 2. The largest absolute Gasteiger partial charge is 0.497 e. The number of benzene rings is 4. The number of para-hydroxylation sites is 2. The summed E-state index contributed by atoms with van der Waals surface area (Å²) in [6, 6.07) is 35.3. The Hall–Kier alpha value is -6.27. The van der Waals surface area contributed by atoms with Gasteiger partial charge in [-0.2, -0.15) is 4.99 Å². The van der Waals surface area contributed by atoms with Crippen molar-refractivity contribution in [2.75, 3.05) is 47.6 Å². The number of hydrogen-bond acceptors (Lipinski definition) is 11. The summed E-state index contributed by atoms with van der Waals surface area (Å²) < 4.78 is 29.3. The van der Waals surface area contributed by atoms with Gasteiger partial charge in [-0.3, -0.25) is 15.2 Å². The van der Waals surface area contributed by atoms with Gasteiger partial charge in [0.15, 0.2) is 0 Å². The standard InChI is InChI=1S/C40H36N6O5S/c1-47-30-15-9-27(10-16-30)40(43-38-33(22-24-51-38)36(41)45(40)28-13-19-32(52-4)20-14-28)46(29-11-17-31(48-2)18-12-29)39-42-37-26(21-23-50-37)25-44(39)34-7-5-6-8-35(34)49-3/h5-24,41,43H,25H2,1-4H3. The zero-order chi connectivity index (χ0) is 35.8. The third kappa shape index (κ3) is 5.39. The maximum absolute atomic E-state index is 9.93. The van der Waals surface area contributed by atoms with Crippen LogP contribution in [0.3, 0.4) is 0 Å². The summed E-state index contributed by atoms with van der Waals surface area (Å²) >= 11 is 1.65. The highest BCUT2D eigenvalue weighted by Gasteiger charge is 2.54. The Labute approximate surface area is 305 Å². The van der Waals surface area contributed by atoms with Crippen LogP contribution in [0.4, 0.5) is 28.8 Å². The maximum Gasteiger partial charge on any atom is 0.231 e. The van der Waals surface area contributed by atoms with Crippen LogP contribution in [0, 0.1) is 5.41 Å². The van der Waals surface area contributed by atoms with E-state index >= 15 is 0 Å². The van der Waals surface area contributed by atoms with Gasteiger partial charge < -0.3 is 33.3 Å². The van der Waals surface area contributed by atoms with Crippen molar-refractivity contribution < 1.29 is 23.0 Å². The minimum absolute atomic E-state index is 0.215. The van der Waals surface area contributed by atoms with Gasteiger partial charge in [0.05, 0.1) is 51.7 Å². The second-order valence-corrected chi connectivity index (χ2v) is 12.9. The van der Waals surface area contributed by atoms with Crippen molar-refractivity contribution in [3.63, 3.8) is 0 Å². The molecule has 52 heavy (non-hydrogen) atoms. The van der Waals surface area contributed by atoms with Gasteiger partial charge in [0.2, 0.25) is 23.5 Å². The Bertz CT molecular complexity index is 2250. The number of hydrogen-bond donors (Lipinski definition) is 2. The molecule has 2 aliphatic rings. The SMILES string of the molecule is COc1ccc(N(C2=Nc3occc3CN2c2ccccc2OC)C2(c3ccc(OC)cc3)Nc3occc3C(=N)N2c2ccc(SC)cc2)cc1. The van der Waals surface area contributed by atoms with Crippen molar-refractivity contribution in [3.05, 3.63) is 138 Å². The average molecular weight is 713 g/mol. The van der Waals surface area contributed by atoms with Crippen molar-refractivity contribution in [1.82, 2.24) is 0 Å². The highest BCUT2D eigenvalue weighted by molar-refractivity contribution is 7.98. The lowest BCUT2D eigenvalue weighted by Crippen LogP contribution is -2.70. The van der Waals surface area contributed by atoms with Gasteiger partial charge in [-0.15, -0.1) is 11.8 Å². The second-order valence-electron chi connectivity index (χ2n) is 12.0. The van der Waals surface area contributed by atoms with E-state index in [0.29, 0.717) is 47.1 Å². The summed E-state index contributed by atoms with van der Waals surface area (Å²) in [4.78, 5) is 12.5. The van der Waals surface area contributed by atoms with Crippen molar-refractivity contribution in [2.45, 2.75) is 17.2 Å². The minimum Gasteiger partial charge on any atom is -0.497 e. The first kappa shape index (κ1) is 32.9. The van der Waals surface area contributed by atoms with Crippen molar-refractivity contribution >= 4 is 52.4 Å². The Morgan fingerprint density at radius 2 is 1.50 bits per heavy atom. The number of anilines is 4. The van der Waals surface area contributed by atoms with E-state index in [1.165, 1.54) is 0 Å². The lowest BCUT2D eigenvalue weighted by Gasteiger charge is -2.55. The van der Waals surface area contributed by atoms with Crippen LogP contribution in [-0.2, 0) is 12.3 Å². The molecule has 1 unspecified atom stereocenters. The molecule has 6 aromatic rings. The smallest absolute Gasteiger partial charge is 0.231 e. The average Bonchev–Trinajstić information content (AvgIpc) is 3.88. The zero-order valence-corrected chi connectivity index (χ0v) is 29.8. The van der Waals surface area contributed by atoms with E-state index in [1.54, 1.807) is 51.7 Å². The fourth-order valence-corrected chi connectivity index (χ4v) is 7.19. The van der Waals surface area contributed by atoms with Gasteiger partial charge in [0, 0.05) is 27.4 Å². The van der Waals surface area contributed by atoms with Crippen LogP contribution in [0.25, 0.3) is 0 Å². The van der Waals surface area contributed by atoms with Gasteiger partial charge in [-0.05, 0) is 103 Å². The molecular formula is C40H36N6O5S. The van der Waals surface area contributed by atoms with Crippen LogP contribution in [-0.4, -0.2) is 39.4 Å². The molecule has 1 atom stereocenters. The molecule has 2 N–H and O–H groups in total. The monoisotopic (exact) mass is 712 g/mol. The number of methoxy groups -OCH3 is 3. The molecule has 2 aromatic heterocycles. The molecule has 262 valence electrons. The van der Waals surface area contributed by atoms with Crippen LogP contribution in [0.2, 0.25) is 0 Å². The number of guanidine groups is 1. The van der Waals surface area contributed by atoms with Crippen LogP contribution in [0.1, 0.15) is 16.7 Å². The fraction of sp³-hybridized carbons (Fsp3) is 0.150. The second kappa shape index (κ2) is 13.5. The third-order valence-electron chi connectivity index (χ3n) is 9.30. The molecule has 8 rings (SSSR count). The van der Waals surface area contributed by atoms with Gasteiger partial charge >= 0.3 is 0 Å². The summed E-state index contributed by atoms with van der Waals surface area (Å²) in [6.07, 6.45) is 5.29. The molecule has 0 aliphatic carbocycles. The minimum atomic E-state index is -1.44. The number of amidine groups is 1. The Kier molecular flexibility index (Phi) is 8.52. The number of furan rings is 2. The summed E-state index contributed by atoms with van der Waals surface area (Å²) in [6.45, 7) is 0.419. The number of nitrogens with one attached hydrogen (secondary N) is 2. The molecule has 0 spiro atoms. The predicted molar refractivity (Wildman–Crippen MR) is 205 cm³/mol. The van der Waals surface area contributed by atoms with Gasteiger partial charge in [-0.1, -0.05) is 12.1 Å². The molecule has 4 aromatic carbocycles. The fourth-order valence-electron chi connectivity index (χ4n) is 6.78. The lowest BCUT2D eigenvalue weighted by atomic mass is 9.97. The Morgan fingerprint density at radius 1 is 0.808 bits per heavy atom. The summed E-state index contributed by atoms with van der Waals surface area (Å²) in [5, 5.41) is 13.7. The van der Waals surface area contributed by atoms with Crippen molar-refractivity contribution in [3.8, 4) is 17.2 Å². The molecular weight excluding hydrogens is 677 g/mol. The molecule has 0 radical (unpaired) electrons. The van der Waals surface area contributed by atoms with Crippen molar-refractivity contribution in [2.24, 2.45) is 4.99 Å². The summed E-state index contributed by atoms with van der Waals surface area (Å²) in [5.41, 5.74) is 4.55. The lowest BCUT2D eigenvalue weighted by molar-refractivity contribution is 0.413.